The number of sulfonamides is 1. The molecule has 2 atom stereocenters. The van der Waals surface area contributed by atoms with Crippen molar-refractivity contribution in [1.82, 2.24) is 4.57 Å². The lowest BCUT2D eigenvalue weighted by atomic mass is 9.94. The number of benzene rings is 2. The fourth-order valence-corrected chi connectivity index (χ4v) is 7.08. The van der Waals surface area contributed by atoms with Crippen molar-refractivity contribution < 1.29 is 8.42 Å². The molecule has 0 aliphatic carbocycles. The van der Waals surface area contributed by atoms with Gasteiger partial charge in [-0.05, 0) is 52.9 Å². The van der Waals surface area contributed by atoms with Gasteiger partial charge in [-0.15, -0.1) is 11.3 Å². The largest absolute Gasteiger partial charge is 0.284 e. The third-order valence-electron chi connectivity index (χ3n) is 5.46. The molecule has 1 aliphatic rings. The summed E-state index contributed by atoms with van der Waals surface area (Å²) < 4.78 is 30.7. The van der Waals surface area contributed by atoms with Crippen LogP contribution < -0.4 is 9.86 Å². The zero-order valence-corrected chi connectivity index (χ0v) is 19.6. The van der Waals surface area contributed by atoms with E-state index in [-0.39, 0.29) is 9.77 Å². The molecule has 2 aromatic heterocycles. The van der Waals surface area contributed by atoms with E-state index >= 15 is 0 Å². The van der Waals surface area contributed by atoms with Gasteiger partial charge >= 0.3 is 0 Å². The Morgan fingerprint density at radius 2 is 1.34 bits per heavy atom. The molecular weight excluding hydrogens is 487 g/mol. The van der Waals surface area contributed by atoms with Crippen molar-refractivity contribution in [2.45, 2.75) is 16.3 Å². The lowest BCUT2D eigenvalue weighted by molar-refractivity contribution is 0.530. The quantitative estimate of drug-likeness (QED) is 0.356. The molecular formula is C23H16Cl2N2O3S2. The van der Waals surface area contributed by atoms with Gasteiger partial charge in [-0.3, -0.25) is 9.36 Å². The highest BCUT2D eigenvalue weighted by atomic mass is 35.5. The Labute approximate surface area is 199 Å². The number of rotatable bonds is 4. The maximum Gasteiger partial charge on any atom is 0.275 e. The van der Waals surface area contributed by atoms with Crippen molar-refractivity contribution in [3.05, 3.63) is 116 Å². The van der Waals surface area contributed by atoms with Crippen LogP contribution in [0.25, 0.3) is 0 Å². The van der Waals surface area contributed by atoms with Gasteiger partial charge in [0.25, 0.3) is 15.6 Å². The van der Waals surface area contributed by atoms with Crippen LogP contribution in [0.3, 0.4) is 0 Å². The number of fused-ring (bicyclic) bond motifs is 1. The van der Waals surface area contributed by atoms with Gasteiger partial charge in [-0.2, -0.15) is 0 Å². The highest BCUT2D eigenvalue weighted by Crippen LogP contribution is 2.49. The van der Waals surface area contributed by atoms with Crippen LogP contribution in [-0.2, 0) is 10.0 Å². The summed E-state index contributed by atoms with van der Waals surface area (Å²) in [5.41, 5.74) is 1.20. The number of pyridine rings is 1. The van der Waals surface area contributed by atoms with Crippen molar-refractivity contribution >= 4 is 50.4 Å². The van der Waals surface area contributed by atoms with Gasteiger partial charge < -0.3 is 0 Å². The smallest absolute Gasteiger partial charge is 0.275 e. The molecule has 1 aliphatic heterocycles. The average Bonchev–Trinajstić information content (AvgIpc) is 3.43. The summed E-state index contributed by atoms with van der Waals surface area (Å²) >= 11 is 13.4. The summed E-state index contributed by atoms with van der Waals surface area (Å²) in [7, 11) is -3.95. The summed E-state index contributed by atoms with van der Waals surface area (Å²) in [4.78, 5) is 13.0. The van der Waals surface area contributed by atoms with Gasteiger partial charge in [-0.1, -0.05) is 59.6 Å². The molecule has 9 heteroatoms. The summed E-state index contributed by atoms with van der Waals surface area (Å²) in [5, 5.41) is 2.81. The lowest BCUT2D eigenvalue weighted by Crippen LogP contribution is -2.33. The van der Waals surface area contributed by atoms with E-state index < -0.39 is 22.1 Å². The van der Waals surface area contributed by atoms with Gasteiger partial charge in [-0.25, -0.2) is 12.7 Å². The van der Waals surface area contributed by atoms with E-state index in [1.165, 1.54) is 14.9 Å². The molecule has 3 heterocycles. The fourth-order valence-electron chi connectivity index (χ4n) is 4.11. The van der Waals surface area contributed by atoms with Gasteiger partial charge in [0, 0.05) is 16.1 Å². The summed E-state index contributed by atoms with van der Waals surface area (Å²) in [6.45, 7) is 0. The van der Waals surface area contributed by atoms with Crippen molar-refractivity contribution in [1.29, 1.82) is 0 Å². The average molecular weight is 503 g/mol. The Kier molecular flexibility index (Phi) is 5.37. The van der Waals surface area contributed by atoms with E-state index in [2.05, 4.69) is 0 Å². The maximum absolute atomic E-state index is 13.8. The molecule has 0 unspecified atom stereocenters. The molecule has 5 nitrogen and oxygen atoms in total. The Balaban J connectivity index is 1.82. The molecule has 2 aromatic carbocycles. The van der Waals surface area contributed by atoms with Crippen molar-refractivity contribution in [3.8, 4) is 0 Å². The Morgan fingerprint density at radius 1 is 0.750 bits per heavy atom. The summed E-state index contributed by atoms with van der Waals surface area (Å²) in [6, 6.07) is 20.8. The van der Waals surface area contributed by atoms with Crippen molar-refractivity contribution in [3.63, 3.8) is 0 Å². The normalized spacial score (nSPS) is 18.0. The Morgan fingerprint density at radius 3 is 1.91 bits per heavy atom. The highest BCUT2D eigenvalue weighted by Gasteiger charge is 2.47. The molecule has 0 radical (unpaired) electrons. The van der Waals surface area contributed by atoms with Gasteiger partial charge in [0.15, 0.2) is 0 Å². The third-order valence-corrected chi connectivity index (χ3v) is 9.12. The first-order valence-corrected chi connectivity index (χ1v) is 12.8. The van der Waals surface area contributed by atoms with E-state index in [9.17, 15) is 13.2 Å². The highest BCUT2D eigenvalue weighted by molar-refractivity contribution is 7.94. The van der Waals surface area contributed by atoms with Crippen LogP contribution >= 0.6 is 34.5 Å². The topological polar surface area (TPSA) is 59.4 Å². The second-order valence-electron chi connectivity index (χ2n) is 7.32. The van der Waals surface area contributed by atoms with E-state index in [0.29, 0.717) is 15.9 Å². The Hall–Kier alpha value is -2.58. The van der Waals surface area contributed by atoms with Crippen LogP contribution in [-0.4, -0.2) is 13.0 Å². The van der Waals surface area contributed by atoms with E-state index in [1.807, 2.05) is 12.1 Å². The minimum atomic E-state index is -3.95. The van der Waals surface area contributed by atoms with Gasteiger partial charge in [0.1, 0.15) is 10.0 Å². The van der Waals surface area contributed by atoms with Crippen molar-refractivity contribution in [2.75, 3.05) is 4.31 Å². The first-order valence-electron chi connectivity index (χ1n) is 9.68. The molecule has 0 N–H and O–H groups in total. The molecule has 0 bridgehead atoms. The zero-order chi connectivity index (χ0) is 22.5. The molecule has 0 saturated carbocycles. The minimum absolute atomic E-state index is 0.205. The molecule has 0 saturated heterocycles. The van der Waals surface area contributed by atoms with Crippen molar-refractivity contribution in [2.24, 2.45) is 0 Å². The fraction of sp³-hybridized carbons (Fsp3) is 0.0870. The standard InChI is InChI=1S/C23H16Cl2N2O3S2/c24-17-10-6-15(7-11-17)22-23(16-8-12-18(25)13-9-16)27(19-3-1-4-20(28)26(19)22)32(29,30)21-5-2-14-31-21/h1-14,22-23H/t22-,23+/m1/s1. The number of hydrogen-bond acceptors (Lipinski definition) is 4. The number of aromatic nitrogens is 1. The first kappa shape index (κ1) is 21.3. The minimum Gasteiger partial charge on any atom is -0.284 e. The zero-order valence-electron chi connectivity index (χ0n) is 16.4. The molecule has 0 fully saturated rings. The third kappa shape index (κ3) is 3.46. The first-order chi connectivity index (χ1) is 15.4. The second-order valence-corrected chi connectivity index (χ2v) is 11.2. The van der Waals surface area contributed by atoms with E-state index in [0.717, 1.165) is 22.5 Å². The molecule has 5 rings (SSSR count). The van der Waals surface area contributed by atoms with Gasteiger partial charge in [0.2, 0.25) is 0 Å². The van der Waals surface area contributed by atoms with Crippen LogP contribution in [0.4, 0.5) is 5.82 Å². The number of halogens is 2. The predicted octanol–water partition coefficient (Wildman–Crippen LogP) is 5.76. The number of hydrogen-bond donors (Lipinski definition) is 0. The monoisotopic (exact) mass is 502 g/mol. The summed E-state index contributed by atoms with van der Waals surface area (Å²) in [6.07, 6.45) is 0. The predicted molar refractivity (Wildman–Crippen MR) is 128 cm³/mol. The molecule has 0 spiro atoms. The van der Waals surface area contributed by atoms with E-state index in [1.54, 1.807) is 66.0 Å². The molecule has 0 amide bonds. The maximum atomic E-state index is 13.8. The number of thiophene rings is 1. The summed E-state index contributed by atoms with van der Waals surface area (Å²) in [5.74, 6) is 0.311. The van der Waals surface area contributed by atoms with Crippen LogP contribution in [0.15, 0.2) is 93.2 Å². The van der Waals surface area contributed by atoms with Crippen LogP contribution in [0.2, 0.25) is 10.0 Å². The molecule has 162 valence electrons. The number of nitrogens with zero attached hydrogens (tertiary/aromatic N) is 2. The van der Waals surface area contributed by atoms with E-state index in [4.69, 9.17) is 23.2 Å². The van der Waals surface area contributed by atoms with Crippen LogP contribution in [0, 0.1) is 0 Å². The number of anilines is 1. The Bertz CT molecular complexity index is 1430. The molecule has 32 heavy (non-hydrogen) atoms. The van der Waals surface area contributed by atoms with Crippen LogP contribution in [0.1, 0.15) is 23.2 Å². The van der Waals surface area contributed by atoms with Crippen LogP contribution in [0.5, 0.6) is 0 Å². The second kappa shape index (κ2) is 8.08. The lowest BCUT2D eigenvalue weighted by Gasteiger charge is -2.28. The van der Waals surface area contributed by atoms with Gasteiger partial charge in [0.05, 0.1) is 12.1 Å². The molecule has 4 aromatic rings. The SMILES string of the molecule is O=c1cccc2n1[C@H](c1ccc(Cl)cc1)[C@H](c1ccc(Cl)cc1)N2S(=O)(=O)c1cccs1.